The lowest BCUT2D eigenvalue weighted by atomic mass is 9.83. The standard InChI is InChI=1S/C49H56N2O14S/c1-28(53)59-27-42-47(61-30(3)55)48(62-31(4)56)46(60-29(2)54)40(63-42)23-43(66)50-37-15-9-14-36(21-37)49-64-41(25-51(5)24-39(58)35-13-10-16-38(57)22-35)44(33-11-7-6-8-12-33)45(65-49)34-19-17-32(26-52)18-20-34/h6-22,39-42,44-49,52,57-58H,23-27H2,1-5H3,(H,50,66). The maximum atomic E-state index is 12.4. The third-order valence-electron chi connectivity index (χ3n) is 11.1. The second-order valence-electron chi connectivity index (χ2n) is 16.3. The highest BCUT2D eigenvalue weighted by molar-refractivity contribution is 7.80. The predicted molar refractivity (Wildman–Crippen MR) is 243 cm³/mol. The Morgan fingerprint density at radius 2 is 1.35 bits per heavy atom. The fraction of sp³-hybridized carbons (Fsp3) is 0.408. The molecule has 0 saturated carbocycles. The number of nitrogens with zero attached hydrogens (tertiary/aromatic N) is 1. The first-order valence-corrected chi connectivity index (χ1v) is 21.9. The largest absolute Gasteiger partial charge is 0.508 e. The van der Waals surface area contributed by atoms with Gasteiger partial charge in [-0.3, -0.25) is 19.2 Å². The Labute approximate surface area is 388 Å². The molecule has 2 aliphatic rings. The van der Waals surface area contributed by atoms with Crippen LogP contribution in [0.4, 0.5) is 5.69 Å². The number of phenolic OH excluding ortho intramolecular Hbond substituents is 1. The molecule has 17 heteroatoms. The summed E-state index contributed by atoms with van der Waals surface area (Å²) in [7, 11) is 1.89. The number of phenols is 1. The van der Waals surface area contributed by atoms with E-state index in [9.17, 15) is 34.5 Å². The molecule has 352 valence electrons. The second-order valence-corrected chi connectivity index (χ2v) is 16.8. The molecule has 0 amide bonds. The number of aromatic hydroxyl groups is 1. The molecule has 0 radical (unpaired) electrons. The topological polar surface area (TPSA) is 209 Å². The van der Waals surface area contributed by atoms with Crippen molar-refractivity contribution in [1.29, 1.82) is 0 Å². The Kier molecular flexibility index (Phi) is 17.4. The van der Waals surface area contributed by atoms with E-state index in [1.165, 1.54) is 19.9 Å². The summed E-state index contributed by atoms with van der Waals surface area (Å²) < 4.78 is 42.1. The van der Waals surface area contributed by atoms with Crippen molar-refractivity contribution in [2.45, 2.75) is 102 Å². The average molecular weight is 929 g/mol. The van der Waals surface area contributed by atoms with E-state index in [4.69, 9.17) is 45.4 Å². The number of aliphatic hydroxyl groups is 2. The molecule has 4 N–H and O–H groups in total. The fourth-order valence-corrected chi connectivity index (χ4v) is 8.60. The minimum atomic E-state index is -1.34. The van der Waals surface area contributed by atoms with Gasteiger partial charge in [-0.05, 0) is 53.6 Å². The van der Waals surface area contributed by atoms with Crippen LogP contribution in [0.1, 0.15) is 86.3 Å². The summed E-state index contributed by atoms with van der Waals surface area (Å²) in [4.78, 5) is 51.0. The molecule has 0 aromatic heterocycles. The molecule has 4 aromatic carbocycles. The Morgan fingerprint density at radius 3 is 1.98 bits per heavy atom. The summed E-state index contributed by atoms with van der Waals surface area (Å²) in [5.41, 5.74) is 4.35. The number of hydrogen-bond acceptors (Lipinski definition) is 16. The third-order valence-corrected chi connectivity index (χ3v) is 11.4. The maximum Gasteiger partial charge on any atom is 0.303 e. The number of carbonyl (C=O) groups is 4. The predicted octanol–water partition coefficient (Wildman–Crippen LogP) is 5.74. The summed E-state index contributed by atoms with van der Waals surface area (Å²) in [5, 5.41) is 34.3. The quantitative estimate of drug-likeness (QED) is 0.0565. The van der Waals surface area contributed by atoms with Crippen molar-refractivity contribution in [2.75, 3.05) is 32.1 Å². The van der Waals surface area contributed by atoms with Gasteiger partial charge in [0.1, 0.15) is 24.6 Å². The van der Waals surface area contributed by atoms with Crippen LogP contribution in [0.3, 0.4) is 0 Å². The summed E-state index contributed by atoms with van der Waals surface area (Å²) in [6.45, 7) is 4.80. The molecule has 10 atom stereocenters. The lowest BCUT2D eigenvalue weighted by molar-refractivity contribution is -0.263. The van der Waals surface area contributed by atoms with E-state index in [0.717, 1.165) is 30.5 Å². The van der Waals surface area contributed by atoms with Crippen LogP contribution in [0.2, 0.25) is 0 Å². The normalized spacial score (nSPS) is 24.4. The van der Waals surface area contributed by atoms with Crippen LogP contribution in [0.25, 0.3) is 0 Å². The second kappa shape index (κ2) is 23.1. The number of likely N-dealkylation sites (N-methyl/N-ethyl adjacent to an activating group) is 1. The zero-order chi connectivity index (χ0) is 47.5. The van der Waals surface area contributed by atoms with Crippen molar-refractivity contribution in [2.24, 2.45) is 0 Å². The van der Waals surface area contributed by atoms with Gasteiger partial charge in [-0.25, -0.2) is 0 Å². The highest BCUT2D eigenvalue weighted by atomic mass is 32.1. The van der Waals surface area contributed by atoms with Crippen molar-refractivity contribution in [1.82, 2.24) is 4.90 Å². The van der Waals surface area contributed by atoms with Crippen molar-refractivity contribution >= 4 is 46.8 Å². The Morgan fingerprint density at radius 1 is 0.712 bits per heavy atom. The van der Waals surface area contributed by atoms with Crippen molar-refractivity contribution < 1.29 is 67.7 Å². The first kappa shape index (κ1) is 49.6. The van der Waals surface area contributed by atoms with Crippen LogP contribution in [0.15, 0.2) is 103 Å². The van der Waals surface area contributed by atoms with Gasteiger partial charge < -0.3 is 58.7 Å². The molecular weight excluding hydrogens is 873 g/mol. The lowest BCUT2D eigenvalue weighted by Gasteiger charge is -2.44. The maximum absolute atomic E-state index is 12.4. The van der Waals surface area contributed by atoms with E-state index < -0.39 is 79.0 Å². The number of thiocarbonyl (C=S) groups is 1. The number of anilines is 1. The summed E-state index contributed by atoms with van der Waals surface area (Å²) in [6.07, 6.45) is -9.01. The van der Waals surface area contributed by atoms with Crippen molar-refractivity contribution in [3.05, 3.63) is 131 Å². The van der Waals surface area contributed by atoms with E-state index in [-0.39, 0.29) is 42.8 Å². The number of hydrogen-bond donors (Lipinski definition) is 4. The summed E-state index contributed by atoms with van der Waals surface area (Å²) in [5.74, 6) is -3.10. The zero-order valence-corrected chi connectivity index (χ0v) is 38.1. The Balaban J connectivity index is 1.28. The fourth-order valence-electron chi connectivity index (χ4n) is 8.32. The number of nitrogens with one attached hydrogen (secondary N) is 1. The molecule has 2 aliphatic heterocycles. The highest BCUT2D eigenvalue weighted by Gasteiger charge is 2.52. The Bertz CT molecular complexity index is 2300. The molecule has 2 fully saturated rings. The SMILES string of the molecule is CC(=O)OCC1OC(CC(=S)Nc2cccc(C3OC(CN(C)CC(O)c4cccc(O)c4)C(c4ccccc4)C(c4ccc(CO)cc4)O3)c2)C(OC(C)=O)C(OC(C)=O)C1OC(C)=O. The smallest absolute Gasteiger partial charge is 0.303 e. The number of ether oxygens (including phenoxy) is 7. The van der Waals surface area contributed by atoms with Gasteiger partial charge in [0, 0.05) is 64.4 Å². The van der Waals surface area contributed by atoms with Crippen LogP contribution in [-0.2, 0) is 58.9 Å². The molecule has 2 heterocycles. The number of rotatable bonds is 17. The van der Waals surface area contributed by atoms with Gasteiger partial charge in [0.2, 0.25) is 0 Å². The van der Waals surface area contributed by atoms with Crippen molar-refractivity contribution in [3.63, 3.8) is 0 Å². The summed E-state index contributed by atoms with van der Waals surface area (Å²) in [6, 6.07) is 31.3. The van der Waals surface area contributed by atoms with Crippen LogP contribution < -0.4 is 5.32 Å². The molecular formula is C49H56N2O14S. The van der Waals surface area contributed by atoms with E-state index in [0.29, 0.717) is 23.4 Å². The van der Waals surface area contributed by atoms with Crippen LogP contribution >= 0.6 is 12.2 Å². The van der Waals surface area contributed by atoms with Gasteiger partial charge in [0.05, 0.1) is 29.9 Å². The lowest BCUT2D eigenvalue weighted by Crippen LogP contribution is -2.62. The monoisotopic (exact) mass is 928 g/mol. The van der Waals surface area contributed by atoms with Crippen LogP contribution in [0.5, 0.6) is 5.75 Å². The molecule has 4 aromatic rings. The van der Waals surface area contributed by atoms with Gasteiger partial charge in [0.15, 0.2) is 24.6 Å². The van der Waals surface area contributed by atoms with Gasteiger partial charge in [-0.2, -0.15) is 0 Å². The molecule has 2 saturated heterocycles. The Hall–Kier alpha value is -5.79. The minimum absolute atomic E-state index is 0.0576. The van der Waals surface area contributed by atoms with E-state index in [1.54, 1.807) is 24.3 Å². The highest BCUT2D eigenvalue weighted by Crippen LogP contribution is 2.47. The van der Waals surface area contributed by atoms with Gasteiger partial charge in [0.25, 0.3) is 0 Å². The van der Waals surface area contributed by atoms with Gasteiger partial charge in [-0.1, -0.05) is 91.1 Å². The zero-order valence-electron chi connectivity index (χ0n) is 37.3. The summed E-state index contributed by atoms with van der Waals surface area (Å²) >= 11 is 5.84. The molecule has 66 heavy (non-hydrogen) atoms. The third kappa shape index (κ3) is 13.4. The van der Waals surface area contributed by atoms with Gasteiger partial charge in [-0.15, -0.1) is 0 Å². The molecule has 6 rings (SSSR count). The van der Waals surface area contributed by atoms with Crippen LogP contribution in [0, 0.1) is 0 Å². The van der Waals surface area contributed by atoms with E-state index in [2.05, 4.69) is 5.32 Å². The average Bonchev–Trinajstić information content (AvgIpc) is 3.27. The van der Waals surface area contributed by atoms with E-state index in [1.807, 2.05) is 84.7 Å². The number of aliphatic hydroxyl groups excluding tert-OH is 2. The minimum Gasteiger partial charge on any atom is -0.508 e. The van der Waals surface area contributed by atoms with E-state index >= 15 is 0 Å². The molecule has 0 spiro atoms. The number of benzene rings is 4. The molecule has 10 unspecified atom stereocenters. The first-order chi connectivity index (χ1) is 31.6. The number of carbonyl (C=O) groups excluding carboxylic acids is 4. The molecule has 0 bridgehead atoms. The van der Waals surface area contributed by atoms with Crippen molar-refractivity contribution in [3.8, 4) is 5.75 Å². The van der Waals surface area contributed by atoms with Gasteiger partial charge >= 0.3 is 23.9 Å². The first-order valence-electron chi connectivity index (χ1n) is 21.5. The molecule has 0 aliphatic carbocycles. The molecule has 16 nitrogen and oxygen atoms in total. The number of esters is 4. The van der Waals surface area contributed by atoms with Crippen LogP contribution in [-0.4, -0.2) is 112 Å².